The molecule has 0 amide bonds. The Kier molecular flexibility index (Phi) is 2.06. The van der Waals surface area contributed by atoms with Crippen molar-refractivity contribution in [2.45, 2.75) is 19.4 Å². The number of hydrogen-bond donors (Lipinski definition) is 2. The highest BCUT2D eigenvalue weighted by atomic mass is 16.4. The smallest absolute Gasteiger partial charge is 0.332 e. The topological polar surface area (TPSA) is 49.3 Å². The van der Waals surface area contributed by atoms with Gasteiger partial charge in [0.15, 0.2) is 0 Å². The summed E-state index contributed by atoms with van der Waals surface area (Å²) in [5.74, 6) is -0.806. The number of aliphatic carboxylic acids is 1. The van der Waals surface area contributed by atoms with Gasteiger partial charge in [0.1, 0.15) is 0 Å². The Labute approximate surface area is 59.7 Å². The maximum atomic E-state index is 10.5. The molecule has 0 aliphatic carbocycles. The van der Waals surface area contributed by atoms with E-state index in [1.54, 1.807) is 13.0 Å². The highest BCUT2D eigenvalue weighted by Gasteiger charge is 2.24. The van der Waals surface area contributed by atoms with E-state index in [0.29, 0.717) is 5.57 Å². The van der Waals surface area contributed by atoms with E-state index in [2.05, 4.69) is 5.32 Å². The summed E-state index contributed by atoms with van der Waals surface area (Å²) >= 11 is 0. The van der Waals surface area contributed by atoms with E-state index in [4.69, 9.17) is 5.11 Å². The molecule has 1 rings (SSSR count). The zero-order chi connectivity index (χ0) is 7.56. The van der Waals surface area contributed by atoms with E-state index in [9.17, 15) is 4.79 Å². The number of rotatable bonds is 2. The molecule has 1 unspecified atom stereocenters. The summed E-state index contributed by atoms with van der Waals surface area (Å²) in [5, 5.41) is 11.6. The molecule has 10 heavy (non-hydrogen) atoms. The van der Waals surface area contributed by atoms with Crippen LogP contribution >= 0.6 is 0 Å². The van der Waals surface area contributed by atoms with Crippen LogP contribution in [0.15, 0.2) is 11.6 Å². The molecule has 56 valence electrons. The lowest BCUT2D eigenvalue weighted by Crippen LogP contribution is -2.45. The fraction of sp³-hybridized carbons (Fsp3) is 0.571. The van der Waals surface area contributed by atoms with Crippen molar-refractivity contribution in [1.29, 1.82) is 0 Å². The predicted octanol–water partition coefficient (Wildman–Crippen LogP) is 0.379. The van der Waals surface area contributed by atoms with Crippen LogP contribution in [0.3, 0.4) is 0 Å². The molecule has 3 heteroatoms. The zero-order valence-corrected chi connectivity index (χ0v) is 5.92. The molecule has 3 nitrogen and oxygen atoms in total. The van der Waals surface area contributed by atoms with Crippen LogP contribution in [0.4, 0.5) is 0 Å². The van der Waals surface area contributed by atoms with Crippen LogP contribution in [0.1, 0.15) is 13.3 Å². The number of carboxylic acids is 1. The minimum absolute atomic E-state index is 0.0995. The van der Waals surface area contributed by atoms with Gasteiger partial charge >= 0.3 is 5.97 Å². The van der Waals surface area contributed by atoms with E-state index in [1.807, 2.05) is 0 Å². The van der Waals surface area contributed by atoms with E-state index < -0.39 is 5.97 Å². The summed E-state index contributed by atoms with van der Waals surface area (Å²) in [6.07, 6.45) is 2.60. The summed E-state index contributed by atoms with van der Waals surface area (Å²) < 4.78 is 0. The first-order valence-corrected chi connectivity index (χ1v) is 3.38. The van der Waals surface area contributed by atoms with Crippen molar-refractivity contribution in [1.82, 2.24) is 5.32 Å². The van der Waals surface area contributed by atoms with Crippen molar-refractivity contribution >= 4 is 5.97 Å². The number of allylic oxidation sites excluding steroid dienone is 1. The molecule has 1 saturated heterocycles. The third-order valence-electron chi connectivity index (χ3n) is 1.76. The molecular weight excluding hydrogens is 130 g/mol. The van der Waals surface area contributed by atoms with Gasteiger partial charge in [0.2, 0.25) is 0 Å². The van der Waals surface area contributed by atoms with Crippen LogP contribution in [0.2, 0.25) is 0 Å². The number of hydrogen-bond acceptors (Lipinski definition) is 2. The monoisotopic (exact) mass is 141 g/mol. The van der Waals surface area contributed by atoms with Gasteiger partial charge in [0, 0.05) is 11.6 Å². The third-order valence-corrected chi connectivity index (χ3v) is 1.76. The van der Waals surface area contributed by atoms with Crippen LogP contribution in [0.25, 0.3) is 0 Å². The second-order valence-corrected chi connectivity index (χ2v) is 2.34. The molecule has 0 aromatic rings. The largest absolute Gasteiger partial charge is 0.478 e. The molecule has 0 spiro atoms. The first-order chi connectivity index (χ1) is 4.75. The van der Waals surface area contributed by atoms with E-state index in [0.717, 1.165) is 13.0 Å². The lowest BCUT2D eigenvalue weighted by Gasteiger charge is -2.27. The molecule has 1 fully saturated rings. The molecule has 0 saturated carbocycles. The Hall–Kier alpha value is -0.830. The quantitative estimate of drug-likeness (QED) is 0.546. The molecule has 0 aromatic heterocycles. The molecule has 1 aliphatic rings. The van der Waals surface area contributed by atoms with E-state index in [1.165, 1.54) is 0 Å². The molecule has 1 atom stereocenters. The van der Waals surface area contributed by atoms with Gasteiger partial charge in [-0.1, -0.05) is 6.08 Å². The van der Waals surface area contributed by atoms with Crippen LogP contribution in [0, 0.1) is 0 Å². The van der Waals surface area contributed by atoms with Crippen LogP contribution in [-0.4, -0.2) is 23.7 Å². The second kappa shape index (κ2) is 2.84. The summed E-state index contributed by atoms with van der Waals surface area (Å²) in [4.78, 5) is 10.5. The fourth-order valence-electron chi connectivity index (χ4n) is 1.03. The minimum Gasteiger partial charge on any atom is -0.478 e. The highest BCUT2D eigenvalue weighted by molar-refractivity contribution is 5.88. The normalized spacial score (nSPS) is 25.7. The molecular formula is C7H11NO2. The highest BCUT2D eigenvalue weighted by Crippen LogP contribution is 2.12. The lowest BCUT2D eigenvalue weighted by molar-refractivity contribution is -0.133. The fourth-order valence-corrected chi connectivity index (χ4v) is 1.03. The zero-order valence-electron chi connectivity index (χ0n) is 5.92. The molecule has 1 heterocycles. The summed E-state index contributed by atoms with van der Waals surface area (Å²) in [5.41, 5.74) is 0.492. The minimum atomic E-state index is -0.806. The van der Waals surface area contributed by atoms with E-state index in [-0.39, 0.29) is 6.04 Å². The van der Waals surface area contributed by atoms with Crippen LogP contribution < -0.4 is 5.32 Å². The van der Waals surface area contributed by atoms with Gasteiger partial charge in [0.05, 0.1) is 0 Å². The Morgan fingerprint density at radius 1 is 1.80 bits per heavy atom. The van der Waals surface area contributed by atoms with Gasteiger partial charge in [-0.15, -0.1) is 0 Å². The van der Waals surface area contributed by atoms with Gasteiger partial charge in [-0.3, -0.25) is 0 Å². The standard InChI is InChI=1S/C7H11NO2/c1-2-5(7(9)10)6-3-4-8-6/h2,6,8H,3-4H2,1H3,(H,9,10). The van der Waals surface area contributed by atoms with Crippen molar-refractivity contribution < 1.29 is 9.90 Å². The van der Waals surface area contributed by atoms with Gasteiger partial charge in [-0.2, -0.15) is 0 Å². The van der Waals surface area contributed by atoms with Crippen molar-refractivity contribution in [3.05, 3.63) is 11.6 Å². The van der Waals surface area contributed by atoms with E-state index >= 15 is 0 Å². The molecule has 0 bridgehead atoms. The number of carboxylic acid groups (broad SMARTS) is 1. The SMILES string of the molecule is CC=C(C(=O)O)C1CCN1. The van der Waals surface area contributed by atoms with Crippen molar-refractivity contribution in [3.63, 3.8) is 0 Å². The first-order valence-electron chi connectivity index (χ1n) is 3.38. The second-order valence-electron chi connectivity index (χ2n) is 2.34. The summed E-state index contributed by atoms with van der Waals surface area (Å²) in [6.45, 7) is 2.69. The summed E-state index contributed by atoms with van der Waals surface area (Å²) in [7, 11) is 0. The average molecular weight is 141 g/mol. The average Bonchev–Trinajstić information content (AvgIpc) is 1.76. The Morgan fingerprint density at radius 3 is 2.50 bits per heavy atom. The van der Waals surface area contributed by atoms with Crippen LogP contribution in [0.5, 0.6) is 0 Å². The van der Waals surface area contributed by atoms with Crippen LogP contribution in [-0.2, 0) is 4.79 Å². The Morgan fingerprint density at radius 2 is 2.40 bits per heavy atom. The van der Waals surface area contributed by atoms with Crippen molar-refractivity contribution in [3.8, 4) is 0 Å². The molecule has 1 aliphatic heterocycles. The first kappa shape index (κ1) is 7.28. The maximum absolute atomic E-state index is 10.5. The van der Waals surface area contributed by atoms with Gasteiger partial charge < -0.3 is 10.4 Å². The molecule has 2 N–H and O–H groups in total. The van der Waals surface area contributed by atoms with Gasteiger partial charge in [0.25, 0.3) is 0 Å². The third kappa shape index (κ3) is 1.19. The molecule has 0 aromatic carbocycles. The van der Waals surface area contributed by atoms with Crippen molar-refractivity contribution in [2.75, 3.05) is 6.54 Å². The van der Waals surface area contributed by atoms with Gasteiger partial charge in [-0.25, -0.2) is 4.79 Å². The predicted molar refractivity (Wildman–Crippen MR) is 37.8 cm³/mol. The van der Waals surface area contributed by atoms with Crippen molar-refractivity contribution in [2.24, 2.45) is 0 Å². The Bertz CT molecular complexity index is 170. The summed E-state index contributed by atoms with van der Waals surface area (Å²) in [6, 6.07) is 0.0995. The molecule has 0 radical (unpaired) electrons. The lowest BCUT2D eigenvalue weighted by atomic mass is 9.98. The number of carbonyl (C=O) groups is 1. The Balaban J connectivity index is 2.56. The number of nitrogens with one attached hydrogen (secondary N) is 1. The maximum Gasteiger partial charge on any atom is 0.332 e. The van der Waals surface area contributed by atoms with Gasteiger partial charge in [-0.05, 0) is 19.9 Å².